The third kappa shape index (κ3) is 4.03. The monoisotopic (exact) mass is 428 g/mol. The van der Waals surface area contributed by atoms with E-state index >= 15 is 0 Å². The Hall–Kier alpha value is -3.63. The number of ether oxygens (including phenoxy) is 1. The van der Waals surface area contributed by atoms with Crippen LogP contribution >= 0.6 is 11.8 Å². The fourth-order valence-electron chi connectivity index (χ4n) is 3.57. The molecule has 0 radical (unpaired) electrons. The molecular weight excluding hydrogens is 408 g/mol. The number of rotatable bonds is 6. The molecule has 0 unspecified atom stereocenters. The quantitative estimate of drug-likeness (QED) is 0.331. The number of aryl methyl sites for hydroxylation is 1. The Labute approximate surface area is 184 Å². The molecule has 0 saturated heterocycles. The number of thioether (sulfide) groups is 1. The van der Waals surface area contributed by atoms with Crippen molar-refractivity contribution >= 4 is 28.6 Å². The third-order valence-corrected chi connectivity index (χ3v) is 5.96. The second-order valence-corrected chi connectivity index (χ2v) is 7.98. The molecule has 2 aromatic carbocycles. The molecule has 4 rings (SSSR count). The Balaban J connectivity index is 1.78. The average molecular weight is 429 g/mol. The lowest BCUT2D eigenvalue weighted by molar-refractivity contribution is 0.101. The van der Waals surface area contributed by atoms with Crippen LogP contribution < -0.4 is 4.74 Å². The number of fused-ring (bicyclic) bond motifs is 1. The number of imidazole rings is 1. The molecule has 1 N–H and O–H groups in total. The van der Waals surface area contributed by atoms with E-state index in [1.165, 1.54) is 18.7 Å². The predicted octanol–water partition coefficient (Wildman–Crippen LogP) is 5.31. The van der Waals surface area contributed by atoms with E-state index in [0.717, 1.165) is 22.4 Å². The number of carbonyl (C=O) groups is 1. The summed E-state index contributed by atoms with van der Waals surface area (Å²) in [4.78, 5) is 24.9. The highest BCUT2D eigenvalue weighted by Gasteiger charge is 2.22. The Kier molecular flexibility index (Phi) is 5.74. The molecule has 0 atom stereocenters. The molecular formula is C24H20N4O2S. The first kappa shape index (κ1) is 20.6. The summed E-state index contributed by atoms with van der Waals surface area (Å²) >= 11 is 1.43. The van der Waals surface area contributed by atoms with Crippen molar-refractivity contribution in [3.05, 3.63) is 71.2 Å². The molecule has 7 heteroatoms. The van der Waals surface area contributed by atoms with E-state index in [1.54, 1.807) is 14.0 Å². The molecule has 2 aromatic heterocycles. The molecule has 154 valence electrons. The Morgan fingerprint density at radius 3 is 2.55 bits per heavy atom. The Bertz CT molecular complexity index is 1290. The van der Waals surface area contributed by atoms with Gasteiger partial charge in [0.05, 0.1) is 35.2 Å². The standard InChI is InChI=1S/C24H20N4O2S/c1-14-22(15(2)29)23(16-8-10-17(30-3)11-9-16)18(12-25)24(26-14)31-13-21-27-19-6-4-5-7-20(19)28-21/h4-11H,13H2,1-3H3,(H,27,28). The van der Waals surface area contributed by atoms with Gasteiger partial charge in [-0.05, 0) is 43.7 Å². The molecule has 0 aliphatic rings. The summed E-state index contributed by atoms with van der Waals surface area (Å²) in [5.74, 6) is 1.91. The van der Waals surface area contributed by atoms with Gasteiger partial charge < -0.3 is 9.72 Å². The summed E-state index contributed by atoms with van der Waals surface area (Å²) in [6.07, 6.45) is 0. The van der Waals surface area contributed by atoms with Crippen molar-refractivity contribution in [3.63, 3.8) is 0 Å². The largest absolute Gasteiger partial charge is 0.497 e. The minimum Gasteiger partial charge on any atom is -0.497 e. The number of H-pyrrole nitrogens is 1. The van der Waals surface area contributed by atoms with Crippen molar-refractivity contribution in [2.75, 3.05) is 7.11 Å². The van der Waals surface area contributed by atoms with Crippen molar-refractivity contribution in [2.24, 2.45) is 0 Å². The number of nitrogens with zero attached hydrogens (tertiary/aromatic N) is 3. The van der Waals surface area contributed by atoms with Gasteiger partial charge in [0, 0.05) is 11.1 Å². The van der Waals surface area contributed by atoms with E-state index in [9.17, 15) is 10.1 Å². The van der Waals surface area contributed by atoms with Crippen LogP contribution in [0.1, 0.15) is 34.4 Å². The zero-order chi connectivity index (χ0) is 22.0. The first-order valence-corrected chi connectivity index (χ1v) is 10.7. The number of para-hydroxylation sites is 2. The zero-order valence-electron chi connectivity index (χ0n) is 17.4. The normalized spacial score (nSPS) is 10.8. The van der Waals surface area contributed by atoms with Gasteiger partial charge in [0.25, 0.3) is 0 Å². The van der Waals surface area contributed by atoms with E-state index in [-0.39, 0.29) is 5.78 Å². The number of ketones is 1. The molecule has 0 fully saturated rings. The number of pyridine rings is 1. The molecule has 0 aliphatic heterocycles. The molecule has 0 aliphatic carbocycles. The second kappa shape index (κ2) is 8.62. The van der Waals surface area contributed by atoms with Gasteiger partial charge in [-0.2, -0.15) is 5.26 Å². The van der Waals surface area contributed by atoms with E-state index in [2.05, 4.69) is 21.0 Å². The average Bonchev–Trinajstić information content (AvgIpc) is 3.20. The van der Waals surface area contributed by atoms with Crippen LogP contribution in [-0.4, -0.2) is 27.8 Å². The molecule has 0 saturated carbocycles. The highest BCUT2D eigenvalue weighted by Crippen LogP contribution is 2.36. The van der Waals surface area contributed by atoms with E-state index in [0.29, 0.717) is 38.9 Å². The highest BCUT2D eigenvalue weighted by molar-refractivity contribution is 7.98. The van der Waals surface area contributed by atoms with Gasteiger partial charge >= 0.3 is 0 Å². The maximum atomic E-state index is 12.4. The fraction of sp³-hybridized carbons (Fsp3) is 0.167. The summed E-state index contributed by atoms with van der Waals surface area (Å²) in [5.41, 5.74) is 4.71. The van der Waals surface area contributed by atoms with Crippen LogP contribution in [0.3, 0.4) is 0 Å². The minimum atomic E-state index is -0.124. The molecule has 0 bridgehead atoms. The number of nitriles is 1. The summed E-state index contributed by atoms with van der Waals surface area (Å²) in [6.45, 7) is 3.30. The second-order valence-electron chi connectivity index (χ2n) is 7.01. The lowest BCUT2D eigenvalue weighted by Gasteiger charge is -2.15. The van der Waals surface area contributed by atoms with E-state index in [4.69, 9.17) is 4.74 Å². The number of carbonyl (C=O) groups excluding carboxylic acids is 1. The van der Waals surface area contributed by atoms with Gasteiger partial charge in [-0.15, -0.1) is 0 Å². The smallest absolute Gasteiger partial charge is 0.162 e. The number of hydrogen-bond donors (Lipinski definition) is 1. The van der Waals surface area contributed by atoms with Crippen LogP contribution in [0.2, 0.25) is 0 Å². The van der Waals surface area contributed by atoms with E-state index in [1.807, 2.05) is 48.5 Å². The van der Waals surface area contributed by atoms with Crippen molar-refractivity contribution in [1.29, 1.82) is 5.26 Å². The van der Waals surface area contributed by atoms with Crippen LogP contribution in [0.5, 0.6) is 5.75 Å². The molecule has 0 amide bonds. The number of benzene rings is 2. The number of aromatic nitrogens is 3. The molecule has 4 aromatic rings. The molecule has 6 nitrogen and oxygen atoms in total. The van der Waals surface area contributed by atoms with Crippen molar-refractivity contribution < 1.29 is 9.53 Å². The van der Waals surface area contributed by atoms with Crippen LogP contribution in [0.4, 0.5) is 0 Å². The van der Waals surface area contributed by atoms with Crippen molar-refractivity contribution in [2.45, 2.75) is 24.6 Å². The summed E-state index contributed by atoms with van der Waals surface area (Å²) in [6, 6.07) is 17.5. The number of methoxy groups -OCH3 is 1. The Morgan fingerprint density at radius 2 is 1.90 bits per heavy atom. The fourth-order valence-corrected chi connectivity index (χ4v) is 4.48. The lowest BCUT2D eigenvalue weighted by atomic mass is 9.93. The van der Waals surface area contributed by atoms with Crippen LogP contribution in [-0.2, 0) is 5.75 Å². The van der Waals surface area contributed by atoms with Crippen LogP contribution in [0, 0.1) is 18.3 Å². The molecule has 2 heterocycles. The first-order chi connectivity index (χ1) is 15.0. The van der Waals surface area contributed by atoms with Crippen LogP contribution in [0.15, 0.2) is 53.6 Å². The molecule has 0 spiro atoms. The van der Waals surface area contributed by atoms with Crippen LogP contribution in [0.25, 0.3) is 22.2 Å². The SMILES string of the molecule is COc1ccc(-c2c(C#N)c(SCc3nc4ccccc4[nH]3)nc(C)c2C(C)=O)cc1. The summed E-state index contributed by atoms with van der Waals surface area (Å²) in [7, 11) is 1.60. The number of Topliss-reactive ketones (excluding diaryl/α,β-unsaturated/α-hetero) is 1. The maximum Gasteiger partial charge on any atom is 0.162 e. The minimum absolute atomic E-state index is 0.124. The number of aromatic amines is 1. The number of nitrogens with one attached hydrogen (secondary N) is 1. The first-order valence-electron chi connectivity index (χ1n) is 9.68. The van der Waals surface area contributed by atoms with Crippen molar-refractivity contribution in [1.82, 2.24) is 15.0 Å². The number of hydrogen-bond acceptors (Lipinski definition) is 6. The van der Waals surface area contributed by atoms with Gasteiger partial charge in [0.15, 0.2) is 5.78 Å². The van der Waals surface area contributed by atoms with Gasteiger partial charge in [-0.1, -0.05) is 36.0 Å². The zero-order valence-corrected chi connectivity index (χ0v) is 18.2. The van der Waals surface area contributed by atoms with Gasteiger partial charge in [0.2, 0.25) is 0 Å². The lowest BCUT2D eigenvalue weighted by Crippen LogP contribution is -2.07. The predicted molar refractivity (Wildman–Crippen MR) is 121 cm³/mol. The van der Waals surface area contributed by atoms with Gasteiger partial charge in [-0.25, -0.2) is 9.97 Å². The van der Waals surface area contributed by atoms with Crippen molar-refractivity contribution in [3.8, 4) is 22.9 Å². The van der Waals surface area contributed by atoms with Gasteiger partial charge in [0.1, 0.15) is 22.7 Å². The highest BCUT2D eigenvalue weighted by atomic mass is 32.2. The maximum absolute atomic E-state index is 12.4. The third-order valence-electron chi connectivity index (χ3n) is 4.97. The summed E-state index contributed by atoms with van der Waals surface area (Å²) in [5, 5.41) is 10.6. The van der Waals surface area contributed by atoms with E-state index < -0.39 is 0 Å². The topological polar surface area (TPSA) is 91.7 Å². The molecule has 31 heavy (non-hydrogen) atoms. The summed E-state index contributed by atoms with van der Waals surface area (Å²) < 4.78 is 5.24. The Morgan fingerprint density at radius 1 is 1.16 bits per heavy atom. The van der Waals surface area contributed by atoms with Gasteiger partial charge in [-0.3, -0.25) is 4.79 Å².